The number of carbonyl (C=O) groups is 2. The van der Waals surface area contributed by atoms with Crippen LogP contribution in [0.15, 0.2) is 24.4 Å². The minimum atomic E-state index is -2.83. The minimum Gasteiger partial charge on any atom is -0.444 e. The summed E-state index contributed by atoms with van der Waals surface area (Å²) < 4.78 is 34.6. The molecule has 0 bridgehead atoms. The third-order valence-electron chi connectivity index (χ3n) is 6.66. The van der Waals surface area contributed by atoms with E-state index in [0.717, 1.165) is 10.4 Å². The van der Waals surface area contributed by atoms with Crippen LogP contribution in [-0.2, 0) is 4.74 Å². The van der Waals surface area contributed by atoms with Crippen LogP contribution in [0.2, 0.25) is 5.02 Å². The second-order valence-corrected chi connectivity index (χ2v) is 10.7. The van der Waals surface area contributed by atoms with Gasteiger partial charge in [-0.25, -0.2) is 13.6 Å². The Morgan fingerprint density at radius 2 is 1.79 bits per heavy atom. The summed E-state index contributed by atoms with van der Waals surface area (Å²) in [5.74, 6) is -3.33. The van der Waals surface area contributed by atoms with E-state index in [1.165, 1.54) is 7.05 Å². The number of carbonyl (C=O) groups excluding carboxylic acids is 2. The molecule has 0 atom stereocenters. The van der Waals surface area contributed by atoms with Gasteiger partial charge in [-0.05, 0) is 32.9 Å². The molecular weight excluding hydrogens is 468 g/mol. The smallest absolute Gasteiger partial charge is 0.410 e. The van der Waals surface area contributed by atoms with Gasteiger partial charge in [0, 0.05) is 57.4 Å². The van der Waals surface area contributed by atoms with Crippen LogP contribution in [-0.4, -0.2) is 68.9 Å². The van der Waals surface area contributed by atoms with Crippen molar-refractivity contribution in [1.82, 2.24) is 14.4 Å². The number of rotatable bonds is 3. The predicted molar refractivity (Wildman–Crippen MR) is 124 cm³/mol. The van der Waals surface area contributed by atoms with E-state index in [2.05, 4.69) is 0 Å². The number of halogens is 3. The first-order chi connectivity index (χ1) is 15.7. The molecule has 2 aromatic rings. The molecule has 2 fully saturated rings. The summed E-state index contributed by atoms with van der Waals surface area (Å²) in [5.41, 5.74) is -1.24. The molecule has 0 spiro atoms. The maximum atomic E-state index is 13.6. The fourth-order valence-corrected chi connectivity index (χ4v) is 4.83. The third-order valence-corrected chi connectivity index (χ3v) is 6.97. The van der Waals surface area contributed by atoms with Crippen molar-refractivity contribution in [1.29, 1.82) is 0 Å². The normalized spacial score (nSPS) is 20.2. The summed E-state index contributed by atoms with van der Waals surface area (Å²) in [7, 11) is 1.43. The number of aliphatic hydroxyl groups is 1. The molecule has 1 saturated carbocycles. The van der Waals surface area contributed by atoms with E-state index in [1.807, 2.05) is 10.6 Å². The van der Waals surface area contributed by atoms with Crippen molar-refractivity contribution in [2.45, 2.75) is 69.7 Å². The van der Waals surface area contributed by atoms with Gasteiger partial charge in [-0.2, -0.15) is 0 Å². The van der Waals surface area contributed by atoms with Crippen molar-refractivity contribution in [3.05, 3.63) is 35.0 Å². The summed E-state index contributed by atoms with van der Waals surface area (Å²) in [6, 6.07) is 5.20. The summed E-state index contributed by atoms with van der Waals surface area (Å²) in [5, 5.41) is 11.9. The first-order valence-electron chi connectivity index (χ1n) is 11.4. The lowest BCUT2D eigenvalue weighted by Crippen LogP contribution is -2.53. The zero-order valence-corrected chi connectivity index (χ0v) is 20.5. The van der Waals surface area contributed by atoms with Crippen LogP contribution in [0.3, 0.4) is 0 Å². The maximum Gasteiger partial charge on any atom is 0.410 e. The lowest BCUT2D eigenvalue weighted by Gasteiger charge is -2.42. The van der Waals surface area contributed by atoms with Gasteiger partial charge in [0.1, 0.15) is 11.3 Å². The van der Waals surface area contributed by atoms with Crippen LogP contribution in [0.4, 0.5) is 13.6 Å². The zero-order chi connectivity index (χ0) is 25.1. The zero-order valence-electron chi connectivity index (χ0n) is 19.8. The monoisotopic (exact) mass is 497 g/mol. The van der Waals surface area contributed by atoms with Crippen molar-refractivity contribution < 1.29 is 28.2 Å². The molecule has 0 radical (unpaired) electrons. The number of benzene rings is 1. The number of hydrogen-bond acceptors (Lipinski definition) is 4. The number of alkyl halides is 2. The van der Waals surface area contributed by atoms with Crippen LogP contribution in [0.1, 0.15) is 62.9 Å². The van der Waals surface area contributed by atoms with E-state index in [1.54, 1.807) is 44.0 Å². The number of nitrogens with zero attached hydrogens (tertiary/aromatic N) is 3. The first kappa shape index (κ1) is 24.7. The van der Waals surface area contributed by atoms with Gasteiger partial charge in [0.15, 0.2) is 0 Å². The largest absolute Gasteiger partial charge is 0.444 e. The first-order valence-corrected chi connectivity index (χ1v) is 11.7. The number of likely N-dealkylation sites (tertiary alicyclic amines) is 1. The summed E-state index contributed by atoms with van der Waals surface area (Å²) in [6.07, 6.45) is -0.0961. The number of hydrogen-bond donors (Lipinski definition) is 1. The minimum absolute atomic E-state index is 0.0863. The van der Waals surface area contributed by atoms with E-state index < -0.39 is 42.1 Å². The van der Waals surface area contributed by atoms with Gasteiger partial charge in [-0.15, -0.1) is 0 Å². The lowest BCUT2D eigenvalue weighted by molar-refractivity contribution is -0.154. The quantitative estimate of drug-likeness (QED) is 0.602. The van der Waals surface area contributed by atoms with Gasteiger partial charge < -0.3 is 24.2 Å². The standard InChI is InChI=1S/C24H30ClF2N3O4/c1-22(2,3)34-21(32)29-12-15(13-29)30-14-16(19-17(25)6-5-7-18(19)30)20(31)28(4)24(33)10-8-23(26,27)9-11-24/h5-7,14-15,33H,8-13H2,1-4H3. The Kier molecular flexibility index (Phi) is 6.09. The second-order valence-electron chi connectivity index (χ2n) is 10.3. The maximum absolute atomic E-state index is 13.6. The molecule has 1 aliphatic heterocycles. The van der Waals surface area contributed by atoms with Crippen LogP contribution in [0.25, 0.3) is 10.9 Å². The molecular formula is C24H30ClF2N3O4. The fourth-order valence-electron chi connectivity index (χ4n) is 4.56. The average molecular weight is 498 g/mol. The molecule has 1 aromatic heterocycles. The molecule has 2 aliphatic rings. The number of fused-ring (bicyclic) bond motifs is 1. The van der Waals surface area contributed by atoms with Gasteiger partial charge in [0.2, 0.25) is 5.92 Å². The Labute approximate surface area is 202 Å². The Balaban J connectivity index is 1.59. The van der Waals surface area contributed by atoms with E-state index in [9.17, 15) is 23.5 Å². The van der Waals surface area contributed by atoms with Crippen LogP contribution < -0.4 is 0 Å². The van der Waals surface area contributed by atoms with Crippen molar-refractivity contribution in [3.63, 3.8) is 0 Å². The lowest BCUT2D eigenvalue weighted by atomic mass is 9.87. The molecule has 1 aromatic carbocycles. The second kappa shape index (κ2) is 8.37. The van der Waals surface area contributed by atoms with Crippen LogP contribution in [0, 0.1) is 0 Å². The molecule has 2 heterocycles. The summed E-state index contributed by atoms with van der Waals surface area (Å²) in [4.78, 5) is 28.5. The highest BCUT2D eigenvalue weighted by Gasteiger charge is 2.46. The molecule has 34 heavy (non-hydrogen) atoms. The molecule has 1 aliphatic carbocycles. The van der Waals surface area contributed by atoms with Gasteiger partial charge >= 0.3 is 6.09 Å². The van der Waals surface area contributed by atoms with Gasteiger partial charge in [0.05, 0.1) is 22.1 Å². The van der Waals surface area contributed by atoms with E-state index in [-0.39, 0.29) is 24.4 Å². The molecule has 1 saturated heterocycles. The summed E-state index contributed by atoms with van der Waals surface area (Å²) in [6.45, 7) is 6.24. The number of aromatic nitrogens is 1. The number of amides is 2. The van der Waals surface area contributed by atoms with E-state index in [4.69, 9.17) is 16.3 Å². The SMILES string of the molecule is CN(C(=O)c1cn(C2CN(C(=O)OC(C)(C)C)C2)c2cccc(Cl)c12)C1(O)CCC(F)(F)CC1. The van der Waals surface area contributed by atoms with Crippen molar-refractivity contribution in [3.8, 4) is 0 Å². The molecule has 2 amide bonds. The highest BCUT2D eigenvalue weighted by Crippen LogP contribution is 2.41. The Morgan fingerprint density at radius 3 is 2.38 bits per heavy atom. The Hall–Kier alpha value is -2.39. The van der Waals surface area contributed by atoms with Crippen LogP contribution >= 0.6 is 11.6 Å². The predicted octanol–water partition coefficient (Wildman–Crippen LogP) is 5.06. The molecule has 0 unspecified atom stereocenters. The van der Waals surface area contributed by atoms with E-state index in [0.29, 0.717) is 23.5 Å². The topological polar surface area (TPSA) is 75.0 Å². The Bertz CT molecular complexity index is 1110. The molecule has 4 rings (SSSR count). The van der Waals surface area contributed by atoms with Gasteiger partial charge in [-0.1, -0.05) is 17.7 Å². The van der Waals surface area contributed by atoms with E-state index >= 15 is 0 Å². The summed E-state index contributed by atoms with van der Waals surface area (Å²) >= 11 is 6.47. The molecule has 1 N–H and O–H groups in total. The van der Waals surface area contributed by atoms with Crippen molar-refractivity contribution in [2.24, 2.45) is 0 Å². The van der Waals surface area contributed by atoms with Crippen molar-refractivity contribution >= 4 is 34.5 Å². The number of ether oxygens (including phenoxy) is 1. The highest BCUT2D eigenvalue weighted by atomic mass is 35.5. The van der Waals surface area contributed by atoms with Gasteiger partial charge in [0.25, 0.3) is 5.91 Å². The Morgan fingerprint density at radius 1 is 1.18 bits per heavy atom. The highest BCUT2D eigenvalue weighted by molar-refractivity contribution is 6.36. The molecule has 186 valence electrons. The van der Waals surface area contributed by atoms with Crippen molar-refractivity contribution in [2.75, 3.05) is 20.1 Å². The van der Waals surface area contributed by atoms with Crippen LogP contribution in [0.5, 0.6) is 0 Å². The third kappa shape index (κ3) is 4.60. The molecule has 7 nitrogen and oxygen atoms in total. The average Bonchev–Trinajstić information content (AvgIpc) is 3.07. The van der Waals surface area contributed by atoms with Gasteiger partial charge in [-0.3, -0.25) is 4.79 Å². The molecule has 10 heteroatoms. The fraction of sp³-hybridized carbons (Fsp3) is 0.583.